The van der Waals surface area contributed by atoms with E-state index < -0.39 is 0 Å². The van der Waals surface area contributed by atoms with Crippen molar-refractivity contribution in [1.29, 1.82) is 0 Å². The summed E-state index contributed by atoms with van der Waals surface area (Å²) in [4.78, 5) is 24.9. The molecule has 1 aromatic heterocycles. The minimum atomic E-state index is -0.330. The Morgan fingerprint density at radius 1 is 1.03 bits per heavy atom. The number of aryl methyl sites for hydroxylation is 3. The van der Waals surface area contributed by atoms with Gasteiger partial charge in [0, 0.05) is 18.3 Å². The van der Waals surface area contributed by atoms with Crippen LogP contribution < -0.4 is 10.6 Å². The van der Waals surface area contributed by atoms with Gasteiger partial charge in [-0.2, -0.15) is 0 Å². The summed E-state index contributed by atoms with van der Waals surface area (Å²) in [6.45, 7) is 7.80. The van der Waals surface area contributed by atoms with Crippen LogP contribution in [-0.2, 0) is 11.8 Å². The molecule has 162 valence electrons. The normalized spacial score (nSPS) is 11.8. The van der Waals surface area contributed by atoms with E-state index in [2.05, 4.69) is 26.9 Å². The zero-order chi connectivity index (χ0) is 22.5. The fourth-order valence-corrected chi connectivity index (χ4v) is 4.05. The molecule has 0 saturated carbocycles. The summed E-state index contributed by atoms with van der Waals surface area (Å²) in [7, 11) is 1.83. The number of anilines is 1. The molecule has 2 amide bonds. The van der Waals surface area contributed by atoms with Gasteiger partial charge in [0.1, 0.15) is 0 Å². The number of benzene rings is 2. The van der Waals surface area contributed by atoms with Crippen LogP contribution in [0.15, 0.2) is 47.6 Å². The molecule has 1 atom stereocenters. The van der Waals surface area contributed by atoms with Gasteiger partial charge in [-0.1, -0.05) is 35.5 Å². The van der Waals surface area contributed by atoms with Gasteiger partial charge < -0.3 is 15.2 Å². The average molecular weight is 438 g/mol. The topological polar surface area (TPSA) is 88.9 Å². The van der Waals surface area contributed by atoms with E-state index in [-0.39, 0.29) is 23.6 Å². The Balaban J connectivity index is 1.59. The van der Waals surface area contributed by atoms with E-state index in [1.54, 1.807) is 10.6 Å². The first kappa shape index (κ1) is 22.6. The van der Waals surface area contributed by atoms with Gasteiger partial charge in [0.2, 0.25) is 5.91 Å². The monoisotopic (exact) mass is 437 g/mol. The van der Waals surface area contributed by atoms with Crippen molar-refractivity contribution in [2.24, 2.45) is 7.05 Å². The molecule has 2 aromatic carbocycles. The maximum atomic E-state index is 12.5. The van der Waals surface area contributed by atoms with Crippen LogP contribution >= 0.6 is 11.8 Å². The highest BCUT2D eigenvalue weighted by molar-refractivity contribution is 7.99. The summed E-state index contributed by atoms with van der Waals surface area (Å²) in [5.41, 5.74) is 4.61. The van der Waals surface area contributed by atoms with Gasteiger partial charge in [0.05, 0.1) is 11.8 Å². The number of thioether (sulfide) groups is 1. The number of carbonyl (C=O) groups excluding carboxylic acids is 2. The number of aromatic nitrogens is 3. The molecule has 3 aromatic rings. The van der Waals surface area contributed by atoms with Gasteiger partial charge in [-0.05, 0) is 63.1 Å². The third-order valence-electron chi connectivity index (χ3n) is 4.72. The first-order chi connectivity index (χ1) is 14.7. The van der Waals surface area contributed by atoms with Gasteiger partial charge in [0.25, 0.3) is 5.91 Å². The molecule has 1 heterocycles. The van der Waals surface area contributed by atoms with E-state index >= 15 is 0 Å². The molecule has 0 aliphatic heterocycles. The predicted octanol–water partition coefficient (Wildman–Crippen LogP) is 3.96. The van der Waals surface area contributed by atoms with Crippen molar-refractivity contribution in [2.75, 3.05) is 11.1 Å². The van der Waals surface area contributed by atoms with Gasteiger partial charge in [-0.3, -0.25) is 9.59 Å². The molecule has 2 N–H and O–H groups in total. The number of hydrogen-bond acceptors (Lipinski definition) is 5. The molecule has 0 spiro atoms. The van der Waals surface area contributed by atoms with Crippen LogP contribution in [0.1, 0.15) is 45.8 Å². The van der Waals surface area contributed by atoms with Crippen molar-refractivity contribution < 1.29 is 9.59 Å². The average Bonchev–Trinajstić information content (AvgIpc) is 3.06. The Kier molecular flexibility index (Phi) is 7.12. The maximum Gasteiger partial charge on any atom is 0.251 e. The summed E-state index contributed by atoms with van der Waals surface area (Å²) in [5.74, 6) is 0.558. The molecule has 0 bridgehead atoms. The second kappa shape index (κ2) is 9.78. The summed E-state index contributed by atoms with van der Waals surface area (Å²) in [6.07, 6.45) is 0. The predicted molar refractivity (Wildman–Crippen MR) is 123 cm³/mol. The molecule has 3 rings (SSSR count). The zero-order valence-corrected chi connectivity index (χ0v) is 19.2. The lowest BCUT2D eigenvalue weighted by Crippen LogP contribution is -2.28. The van der Waals surface area contributed by atoms with Gasteiger partial charge in [-0.25, -0.2) is 0 Å². The van der Waals surface area contributed by atoms with Gasteiger partial charge >= 0.3 is 0 Å². The highest BCUT2D eigenvalue weighted by Crippen LogP contribution is 2.20. The molecule has 31 heavy (non-hydrogen) atoms. The Labute approximate surface area is 186 Å². The molecular weight excluding hydrogens is 410 g/mol. The quantitative estimate of drug-likeness (QED) is 0.546. The van der Waals surface area contributed by atoms with Crippen LogP contribution in [0.2, 0.25) is 0 Å². The lowest BCUT2D eigenvalue weighted by Gasteiger charge is -2.14. The third-order valence-corrected chi connectivity index (χ3v) is 5.74. The molecule has 0 radical (unpaired) electrons. The minimum absolute atomic E-state index is 0.111. The van der Waals surface area contributed by atoms with Crippen LogP contribution in [0.25, 0.3) is 0 Å². The minimum Gasteiger partial charge on any atom is -0.342 e. The maximum absolute atomic E-state index is 12.5. The van der Waals surface area contributed by atoms with Crippen molar-refractivity contribution in [3.63, 3.8) is 0 Å². The SMILES string of the molecule is Cc1cc(C)cc(NC(=O)CSc2nnc([C@@H](C)NC(=O)c3cccc(C)c3)n2C)c1. The Hall–Kier alpha value is -3.13. The van der Waals surface area contributed by atoms with Crippen molar-refractivity contribution in [1.82, 2.24) is 20.1 Å². The molecule has 0 aliphatic rings. The molecule has 0 saturated heterocycles. The summed E-state index contributed by atoms with van der Waals surface area (Å²) in [6, 6.07) is 13.0. The van der Waals surface area contributed by atoms with Crippen LogP contribution in [0.3, 0.4) is 0 Å². The second-order valence-electron chi connectivity index (χ2n) is 7.68. The summed E-state index contributed by atoms with van der Waals surface area (Å²) in [5, 5.41) is 14.9. The third kappa shape index (κ3) is 5.95. The van der Waals surface area contributed by atoms with Crippen molar-refractivity contribution >= 4 is 29.3 Å². The van der Waals surface area contributed by atoms with Crippen LogP contribution in [0.5, 0.6) is 0 Å². The van der Waals surface area contributed by atoms with E-state index in [4.69, 9.17) is 0 Å². The fraction of sp³-hybridized carbons (Fsp3) is 0.304. The Morgan fingerprint density at radius 2 is 1.74 bits per heavy atom. The number of nitrogens with zero attached hydrogens (tertiary/aromatic N) is 3. The van der Waals surface area contributed by atoms with Crippen LogP contribution in [-0.4, -0.2) is 32.3 Å². The van der Waals surface area contributed by atoms with E-state index in [0.717, 1.165) is 22.4 Å². The van der Waals surface area contributed by atoms with E-state index in [0.29, 0.717) is 16.5 Å². The summed E-state index contributed by atoms with van der Waals surface area (Å²) >= 11 is 1.30. The number of amides is 2. The number of hydrogen-bond donors (Lipinski definition) is 2. The lowest BCUT2D eigenvalue weighted by molar-refractivity contribution is -0.113. The zero-order valence-electron chi connectivity index (χ0n) is 18.4. The smallest absolute Gasteiger partial charge is 0.251 e. The molecular formula is C23H27N5O2S. The Morgan fingerprint density at radius 3 is 2.42 bits per heavy atom. The van der Waals surface area contributed by atoms with Crippen molar-refractivity contribution in [3.8, 4) is 0 Å². The van der Waals surface area contributed by atoms with Crippen molar-refractivity contribution in [3.05, 3.63) is 70.5 Å². The second-order valence-corrected chi connectivity index (χ2v) is 8.62. The standard InChI is InChI=1S/C23H27N5O2S/c1-14-7-6-8-18(10-14)22(30)24-17(4)21-26-27-23(28(21)5)31-13-20(29)25-19-11-15(2)9-16(3)12-19/h6-12,17H,13H2,1-5H3,(H,24,30)(H,25,29)/t17-/m1/s1. The molecule has 7 nitrogen and oxygen atoms in total. The summed E-state index contributed by atoms with van der Waals surface area (Å²) < 4.78 is 1.80. The first-order valence-corrected chi connectivity index (χ1v) is 11.0. The van der Waals surface area contributed by atoms with E-state index in [1.165, 1.54) is 11.8 Å². The molecule has 8 heteroatoms. The molecule has 0 aliphatic carbocycles. The lowest BCUT2D eigenvalue weighted by atomic mass is 10.1. The van der Waals surface area contributed by atoms with Gasteiger partial charge in [-0.15, -0.1) is 10.2 Å². The number of nitrogens with one attached hydrogen (secondary N) is 2. The Bertz CT molecular complexity index is 1090. The van der Waals surface area contributed by atoms with E-state index in [9.17, 15) is 9.59 Å². The number of rotatable bonds is 7. The van der Waals surface area contributed by atoms with E-state index in [1.807, 2.05) is 65.1 Å². The highest BCUT2D eigenvalue weighted by Gasteiger charge is 2.19. The van der Waals surface area contributed by atoms with Crippen LogP contribution in [0.4, 0.5) is 5.69 Å². The highest BCUT2D eigenvalue weighted by atomic mass is 32.2. The first-order valence-electron chi connectivity index (χ1n) is 10.0. The largest absolute Gasteiger partial charge is 0.342 e. The molecule has 0 unspecified atom stereocenters. The number of carbonyl (C=O) groups is 2. The van der Waals surface area contributed by atoms with Crippen LogP contribution in [0, 0.1) is 20.8 Å². The fourth-order valence-electron chi connectivity index (χ4n) is 3.33. The van der Waals surface area contributed by atoms with Crippen molar-refractivity contribution in [2.45, 2.75) is 38.9 Å². The molecule has 0 fully saturated rings. The van der Waals surface area contributed by atoms with Gasteiger partial charge in [0.15, 0.2) is 11.0 Å².